The maximum absolute atomic E-state index is 11.6. The Morgan fingerprint density at radius 2 is 2.35 bits per heavy atom. The van der Waals surface area contributed by atoms with E-state index < -0.39 is 0 Å². The van der Waals surface area contributed by atoms with E-state index in [2.05, 4.69) is 32.9 Å². The van der Waals surface area contributed by atoms with Gasteiger partial charge in [0.05, 0.1) is 6.20 Å². The highest BCUT2D eigenvalue weighted by Crippen LogP contribution is 2.20. The molecule has 1 amide bonds. The molecule has 5 nitrogen and oxygen atoms in total. The highest BCUT2D eigenvalue weighted by molar-refractivity contribution is 7.80. The molecular formula is C10H10N4OS2. The summed E-state index contributed by atoms with van der Waals surface area (Å²) in [4.78, 5) is 23.9. The van der Waals surface area contributed by atoms with Gasteiger partial charge in [-0.15, -0.1) is 11.3 Å². The van der Waals surface area contributed by atoms with Crippen LogP contribution in [0.5, 0.6) is 0 Å². The molecule has 2 heterocycles. The average molecular weight is 266 g/mol. The third kappa shape index (κ3) is 3.01. The van der Waals surface area contributed by atoms with Gasteiger partial charge in [0.25, 0.3) is 5.91 Å². The summed E-state index contributed by atoms with van der Waals surface area (Å²) in [5, 5.41) is 5.10. The predicted molar refractivity (Wildman–Crippen MR) is 69.3 cm³/mol. The maximum atomic E-state index is 11.6. The van der Waals surface area contributed by atoms with Crippen molar-refractivity contribution < 1.29 is 4.79 Å². The van der Waals surface area contributed by atoms with Gasteiger partial charge in [0.2, 0.25) is 0 Å². The molecule has 17 heavy (non-hydrogen) atoms. The molecule has 2 rings (SSSR count). The van der Waals surface area contributed by atoms with Crippen LogP contribution < -0.4 is 5.32 Å². The van der Waals surface area contributed by atoms with E-state index in [0.29, 0.717) is 28.7 Å². The number of carbonyl (C=O) groups excluding carboxylic acids is 1. The highest BCUT2D eigenvalue weighted by Gasteiger charge is 2.11. The molecule has 0 aliphatic carbocycles. The first-order valence-electron chi connectivity index (χ1n) is 4.92. The van der Waals surface area contributed by atoms with Crippen LogP contribution in [0, 0.1) is 0 Å². The largest absolute Gasteiger partial charge is 0.350 e. The molecule has 0 radical (unpaired) electrons. The predicted octanol–water partition coefficient (Wildman–Crippen LogP) is 1.26. The van der Waals surface area contributed by atoms with Crippen molar-refractivity contribution in [2.45, 2.75) is 0 Å². The number of amides is 1. The fourth-order valence-electron chi connectivity index (χ4n) is 1.17. The van der Waals surface area contributed by atoms with Crippen LogP contribution >= 0.6 is 24.0 Å². The molecule has 0 bridgehead atoms. The van der Waals surface area contributed by atoms with E-state index >= 15 is 0 Å². The summed E-state index contributed by atoms with van der Waals surface area (Å²) in [6.07, 6.45) is 4.81. The van der Waals surface area contributed by atoms with Crippen LogP contribution in [0.4, 0.5) is 0 Å². The van der Waals surface area contributed by atoms with E-state index in [9.17, 15) is 4.79 Å². The second-order valence-electron chi connectivity index (χ2n) is 3.11. The second-order valence-corrected chi connectivity index (χ2v) is 4.41. The summed E-state index contributed by atoms with van der Waals surface area (Å²) in [7, 11) is 0. The Kier molecular flexibility index (Phi) is 4.05. The summed E-state index contributed by atoms with van der Waals surface area (Å²) in [5.41, 5.74) is 1.07. The van der Waals surface area contributed by atoms with E-state index in [4.69, 9.17) is 0 Å². The van der Waals surface area contributed by atoms with E-state index in [1.807, 2.05) is 0 Å². The molecule has 0 atom stereocenters. The molecule has 0 unspecified atom stereocenters. The highest BCUT2D eigenvalue weighted by atomic mass is 32.1. The van der Waals surface area contributed by atoms with Crippen molar-refractivity contribution in [2.75, 3.05) is 12.3 Å². The second kappa shape index (κ2) is 5.74. The third-order valence-corrected chi connectivity index (χ3v) is 3.00. The molecule has 0 fully saturated rings. The zero-order valence-electron chi connectivity index (χ0n) is 8.83. The van der Waals surface area contributed by atoms with Crippen molar-refractivity contribution in [2.24, 2.45) is 0 Å². The Labute approximate surface area is 108 Å². The molecule has 7 heteroatoms. The average Bonchev–Trinajstić information content (AvgIpc) is 2.86. The number of thiol groups is 1. The molecule has 0 saturated carbocycles. The van der Waals surface area contributed by atoms with Gasteiger partial charge in [-0.3, -0.25) is 14.8 Å². The number of hydrogen-bond donors (Lipinski definition) is 2. The topological polar surface area (TPSA) is 67.8 Å². The smallest absolute Gasteiger partial charge is 0.270 e. The molecule has 2 aromatic heterocycles. The molecule has 1 N–H and O–H groups in total. The summed E-state index contributed by atoms with van der Waals surface area (Å²) < 4.78 is 0. The zero-order valence-corrected chi connectivity index (χ0v) is 10.5. The number of aromatic nitrogens is 3. The van der Waals surface area contributed by atoms with Crippen molar-refractivity contribution in [1.82, 2.24) is 20.3 Å². The standard InChI is InChI=1S/C10H10N4OS2/c15-9(13-3-4-16)8-6-17-10(14-8)7-5-11-1-2-12-7/h1-2,5-6,16H,3-4H2,(H,13,15). The minimum Gasteiger partial charge on any atom is -0.350 e. The summed E-state index contributed by atoms with van der Waals surface area (Å²) in [5.74, 6) is 0.415. The minimum absolute atomic E-state index is 0.189. The first-order chi connectivity index (χ1) is 8.31. The monoisotopic (exact) mass is 266 g/mol. The molecular weight excluding hydrogens is 256 g/mol. The first-order valence-corrected chi connectivity index (χ1v) is 6.43. The van der Waals surface area contributed by atoms with Gasteiger partial charge in [-0.05, 0) is 0 Å². The summed E-state index contributed by atoms with van der Waals surface area (Å²) in [6, 6.07) is 0. The number of nitrogens with one attached hydrogen (secondary N) is 1. The van der Waals surface area contributed by atoms with Gasteiger partial charge in [0.15, 0.2) is 0 Å². The number of thiazole rings is 1. The van der Waals surface area contributed by atoms with Gasteiger partial charge in [-0.25, -0.2) is 4.98 Å². The number of hydrogen-bond acceptors (Lipinski definition) is 6. The van der Waals surface area contributed by atoms with Crippen LogP contribution in [0.3, 0.4) is 0 Å². The van der Waals surface area contributed by atoms with Crippen LogP contribution in [0.2, 0.25) is 0 Å². The molecule has 0 aliphatic heterocycles. The molecule has 0 saturated heterocycles. The normalized spacial score (nSPS) is 10.2. The van der Waals surface area contributed by atoms with Gasteiger partial charge < -0.3 is 5.32 Å². The Morgan fingerprint density at radius 1 is 1.47 bits per heavy atom. The van der Waals surface area contributed by atoms with Crippen molar-refractivity contribution >= 4 is 29.9 Å². The lowest BCUT2D eigenvalue weighted by Gasteiger charge is -1.98. The van der Waals surface area contributed by atoms with Gasteiger partial charge in [0, 0.05) is 30.1 Å². The van der Waals surface area contributed by atoms with E-state index in [1.54, 1.807) is 24.0 Å². The minimum atomic E-state index is -0.189. The summed E-state index contributed by atoms with van der Waals surface area (Å²) >= 11 is 5.39. The Bertz CT molecular complexity index is 500. The van der Waals surface area contributed by atoms with E-state index in [-0.39, 0.29) is 5.91 Å². The number of carbonyl (C=O) groups is 1. The lowest BCUT2D eigenvalue weighted by atomic mass is 10.4. The van der Waals surface area contributed by atoms with Crippen LogP contribution in [-0.4, -0.2) is 33.2 Å². The Morgan fingerprint density at radius 3 is 3.06 bits per heavy atom. The number of nitrogens with zero attached hydrogens (tertiary/aromatic N) is 3. The fourth-order valence-corrected chi connectivity index (χ4v) is 2.04. The lowest BCUT2D eigenvalue weighted by molar-refractivity contribution is 0.0952. The fraction of sp³-hybridized carbons (Fsp3) is 0.200. The molecule has 2 aromatic rings. The van der Waals surface area contributed by atoms with Gasteiger partial charge >= 0.3 is 0 Å². The first kappa shape index (κ1) is 12.0. The molecule has 0 aromatic carbocycles. The SMILES string of the molecule is O=C(NCCS)c1csc(-c2cnccn2)n1. The molecule has 88 valence electrons. The van der Waals surface area contributed by atoms with Gasteiger partial charge in [-0.2, -0.15) is 12.6 Å². The Hall–Kier alpha value is -1.47. The van der Waals surface area contributed by atoms with Crippen LogP contribution in [0.1, 0.15) is 10.5 Å². The lowest BCUT2D eigenvalue weighted by Crippen LogP contribution is -2.25. The maximum Gasteiger partial charge on any atom is 0.270 e. The van der Waals surface area contributed by atoms with Crippen LogP contribution in [0.25, 0.3) is 10.7 Å². The van der Waals surface area contributed by atoms with Crippen LogP contribution in [-0.2, 0) is 0 Å². The third-order valence-electron chi connectivity index (χ3n) is 1.92. The van der Waals surface area contributed by atoms with E-state index in [1.165, 1.54) is 11.3 Å². The van der Waals surface area contributed by atoms with Crippen molar-refractivity contribution in [3.8, 4) is 10.7 Å². The molecule has 0 spiro atoms. The van der Waals surface area contributed by atoms with Crippen LogP contribution in [0.15, 0.2) is 24.0 Å². The van der Waals surface area contributed by atoms with Crippen molar-refractivity contribution in [3.05, 3.63) is 29.7 Å². The zero-order chi connectivity index (χ0) is 12.1. The summed E-state index contributed by atoms with van der Waals surface area (Å²) in [6.45, 7) is 0.528. The van der Waals surface area contributed by atoms with Gasteiger partial charge in [-0.1, -0.05) is 0 Å². The quantitative estimate of drug-likeness (QED) is 0.818. The van der Waals surface area contributed by atoms with Gasteiger partial charge in [0.1, 0.15) is 16.4 Å². The number of rotatable bonds is 4. The Balaban J connectivity index is 2.14. The van der Waals surface area contributed by atoms with Crippen molar-refractivity contribution in [1.29, 1.82) is 0 Å². The van der Waals surface area contributed by atoms with Crippen molar-refractivity contribution in [3.63, 3.8) is 0 Å². The van der Waals surface area contributed by atoms with E-state index in [0.717, 1.165) is 0 Å². The molecule has 0 aliphatic rings.